The second-order valence-electron chi connectivity index (χ2n) is 4.76. The minimum atomic E-state index is -0.280. The van der Waals surface area contributed by atoms with Crippen molar-refractivity contribution in [2.45, 2.75) is 32.4 Å². The maximum absolute atomic E-state index is 12.1. The van der Waals surface area contributed by atoms with Crippen LogP contribution in [0, 0.1) is 0 Å². The number of hydrogen-bond donors (Lipinski definition) is 1. The van der Waals surface area contributed by atoms with Crippen LogP contribution in [-0.4, -0.2) is 31.8 Å². The van der Waals surface area contributed by atoms with Gasteiger partial charge in [0.05, 0.1) is 24.3 Å². The molecule has 1 N–H and O–H groups in total. The molecule has 2 unspecified atom stereocenters. The van der Waals surface area contributed by atoms with E-state index in [-0.39, 0.29) is 18.1 Å². The number of fused-ring (bicyclic) bond motifs is 1. The van der Waals surface area contributed by atoms with Gasteiger partial charge in [-0.15, -0.1) is 0 Å². The molecule has 1 aliphatic carbocycles. The molecule has 0 amide bonds. The molecule has 0 aromatic heterocycles. The smallest absolute Gasteiger partial charge is 0.340 e. The summed E-state index contributed by atoms with van der Waals surface area (Å²) in [5.41, 5.74) is 2.40. The van der Waals surface area contributed by atoms with E-state index in [0.29, 0.717) is 12.2 Å². The van der Waals surface area contributed by atoms with Crippen molar-refractivity contribution in [2.75, 3.05) is 13.7 Å². The van der Waals surface area contributed by atoms with Gasteiger partial charge in [-0.2, -0.15) is 0 Å². The Bertz CT molecular complexity index is 500. The molecule has 0 radical (unpaired) electrons. The summed E-state index contributed by atoms with van der Waals surface area (Å²) in [6.07, 6.45) is 10.9. The van der Waals surface area contributed by atoms with Crippen molar-refractivity contribution >= 4 is 5.97 Å². The molecule has 1 aliphatic heterocycles. The van der Waals surface area contributed by atoms with Crippen molar-refractivity contribution in [3.8, 4) is 0 Å². The van der Waals surface area contributed by atoms with Crippen LogP contribution in [0.25, 0.3) is 0 Å². The molecule has 0 spiro atoms. The van der Waals surface area contributed by atoms with Gasteiger partial charge in [-0.1, -0.05) is 24.3 Å². The first kappa shape index (κ1) is 14.6. The number of esters is 1. The second-order valence-corrected chi connectivity index (χ2v) is 4.76. The van der Waals surface area contributed by atoms with E-state index in [0.717, 1.165) is 17.7 Å². The number of ether oxygens (including phenoxy) is 2. The Morgan fingerprint density at radius 1 is 1.40 bits per heavy atom. The van der Waals surface area contributed by atoms with E-state index in [2.05, 4.69) is 23.5 Å². The topological polar surface area (TPSA) is 47.6 Å². The number of allylic oxidation sites excluding steroid dienone is 3. The highest BCUT2D eigenvalue weighted by Crippen LogP contribution is 2.28. The number of methoxy groups -OCH3 is 1. The Labute approximate surface area is 119 Å². The van der Waals surface area contributed by atoms with E-state index in [1.165, 1.54) is 0 Å². The molecule has 0 aromatic carbocycles. The van der Waals surface area contributed by atoms with Crippen molar-refractivity contribution in [3.63, 3.8) is 0 Å². The molecule has 2 rings (SSSR count). The van der Waals surface area contributed by atoms with Crippen molar-refractivity contribution in [1.29, 1.82) is 0 Å². The third-order valence-electron chi connectivity index (χ3n) is 3.39. The molecule has 1 heterocycles. The minimum absolute atomic E-state index is 0.00644. The summed E-state index contributed by atoms with van der Waals surface area (Å²) >= 11 is 0. The molecule has 20 heavy (non-hydrogen) atoms. The van der Waals surface area contributed by atoms with Gasteiger partial charge < -0.3 is 14.8 Å². The Balaban J connectivity index is 2.39. The lowest BCUT2D eigenvalue weighted by Crippen LogP contribution is -2.22. The van der Waals surface area contributed by atoms with Gasteiger partial charge >= 0.3 is 5.97 Å². The van der Waals surface area contributed by atoms with Crippen molar-refractivity contribution in [2.24, 2.45) is 0 Å². The first-order valence-corrected chi connectivity index (χ1v) is 6.90. The SMILES string of the molecule is CCOC(=O)C1=C(C)NC2C=CCC=CC(OC)/C=C/12. The highest BCUT2D eigenvalue weighted by Gasteiger charge is 2.31. The lowest BCUT2D eigenvalue weighted by molar-refractivity contribution is -0.138. The summed E-state index contributed by atoms with van der Waals surface area (Å²) in [5.74, 6) is -0.280. The summed E-state index contributed by atoms with van der Waals surface area (Å²) in [6.45, 7) is 4.08. The molecule has 2 atom stereocenters. The fourth-order valence-corrected chi connectivity index (χ4v) is 2.45. The largest absolute Gasteiger partial charge is 0.462 e. The van der Waals surface area contributed by atoms with Crippen LogP contribution < -0.4 is 5.32 Å². The van der Waals surface area contributed by atoms with Gasteiger partial charge in [0.1, 0.15) is 0 Å². The molecular weight excluding hydrogens is 254 g/mol. The zero-order valence-corrected chi connectivity index (χ0v) is 12.2. The Morgan fingerprint density at radius 2 is 2.15 bits per heavy atom. The number of hydrogen-bond acceptors (Lipinski definition) is 4. The number of nitrogens with one attached hydrogen (secondary N) is 1. The van der Waals surface area contributed by atoms with Crippen LogP contribution in [0.3, 0.4) is 0 Å². The average molecular weight is 275 g/mol. The predicted molar refractivity (Wildman–Crippen MR) is 78.0 cm³/mol. The van der Waals surface area contributed by atoms with Gasteiger partial charge in [0.25, 0.3) is 0 Å². The third-order valence-corrected chi connectivity index (χ3v) is 3.39. The first-order valence-electron chi connectivity index (χ1n) is 6.90. The van der Waals surface area contributed by atoms with Crippen molar-refractivity contribution in [3.05, 3.63) is 47.2 Å². The maximum atomic E-state index is 12.1. The van der Waals surface area contributed by atoms with Crippen molar-refractivity contribution in [1.82, 2.24) is 5.32 Å². The zero-order chi connectivity index (χ0) is 14.5. The van der Waals surface area contributed by atoms with Crippen LogP contribution in [0.4, 0.5) is 0 Å². The van der Waals surface area contributed by atoms with Gasteiger partial charge in [0, 0.05) is 12.8 Å². The standard InChI is InChI=1S/C16H21NO3/c1-4-20-16(18)15-11(2)17-14-9-7-5-6-8-12(19-3)10-13(14)15/h6-10,12,14,17H,4-5H2,1-3H3/b8-6?,9-7?,13-10+. The van der Waals surface area contributed by atoms with Crippen LogP contribution in [0.2, 0.25) is 0 Å². The van der Waals surface area contributed by atoms with Gasteiger partial charge in [0.2, 0.25) is 0 Å². The minimum Gasteiger partial charge on any atom is -0.462 e. The summed E-state index contributed by atoms with van der Waals surface area (Å²) in [5, 5.41) is 3.33. The molecule has 4 heteroatoms. The Kier molecular flexibility index (Phi) is 4.79. The molecule has 108 valence electrons. The summed E-state index contributed by atoms with van der Waals surface area (Å²) in [4.78, 5) is 12.1. The number of carbonyl (C=O) groups excluding carboxylic acids is 1. The van der Waals surface area contributed by atoms with Crippen molar-refractivity contribution < 1.29 is 14.3 Å². The van der Waals surface area contributed by atoms with E-state index in [9.17, 15) is 4.79 Å². The van der Waals surface area contributed by atoms with Crippen LogP contribution in [-0.2, 0) is 14.3 Å². The number of rotatable bonds is 3. The van der Waals surface area contributed by atoms with Crippen LogP contribution in [0.15, 0.2) is 47.2 Å². The average Bonchev–Trinajstić information content (AvgIpc) is 2.76. The van der Waals surface area contributed by atoms with Crippen LogP contribution >= 0.6 is 0 Å². The fraction of sp³-hybridized carbons (Fsp3) is 0.438. The zero-order valence-electron chi connectivity index (χ0n) is 12.2. The molecule has 2 aliphatic rings. The first-order chi connectivity index (χ1) is 9.67. The van der Waals surface area contributed by atoms with E-state index >= 15 is 0 Å². The maximum Gasteiger partial charge on any atom is 0.340 e. The predicted octanol–water partition coefficient (Wildman–Crippen LogP) is 2.25. The van der Waals surface area contributed by atoms with Crippen LogP contribution in [0.5, 0.6) is 0 Å². The van der Waals surface area contributed by atoms with E-state index in [1.807, 2.05) is 26.0 Å². The Morgan fingerprint density at radius 3 is 2.85 bits per heavy atom. The van der Waals surface area contributed by atoms with Gasteiger partial charge in [0.15, 0.2) is 0 Å². The highest BCUT2D eigenvalue weighted by molar-refractivity contribution is 5.96. The molecule has 0 saturated carbocycles. The summed E-state index contributed by atoms with van der Waals surface area (Å²) in [7, 11) is 1.66. The van der Waals surface area contributed by atoms with Gasteiger partial charge in [-0.3, -0.25) is 0 Å². The Hall–Kier alpha value is -1.81. The molecule has 4 nitrogen and oxygen atoms in total. The summed E-state index contributed by atoms with van der Waals surface area (Å²) < 4.78 is 10.6. The van der Waals surface area contributed by atoms with Gasteiger partial charge in [-0.05, 0) is 31.9 Å². The lowest BCUT2D eigenvalue weighted by Gasteiger charge is -2.13. The molecule has 0 fully saturated rings. The molecular formula is C16H21NO3. The van der Waals surface area contributed by atoms with E-state index in [1.54, 1.807) is 7.11 Å². The molecule has 0 aromatic rings. The van der Waals surface area contributed by atoms with Gasteiger partial charge in [-0.25, -0.2) is 4.79 Å². The second kappa shape index (κ2) is 6.57. The molecule has 0 bridgehead atoms. The third kappa shape index (κ3) is 3.02. The fourth-order valence-electron chi connectivity index (χ4n) is 2.45. The monoisotopic (exact) mass is 275 g/mol. The normalized spacial score (nSPS) is 27.9. The molecule has 0 saturated heterocycles. The lowest BCUT2D eigenvalue weighted by atomic mass is 9.99. The van der Waals surface area contributed by atoms with Crippen LogP contribution in [0.1, 0.15) is 20.3 Å². The van der Waals surface area contributed by atoms with E-state index in [4.69, 9.17) is 9.47 Å². The summed E-state index contributed by atoms with van der Waals surface area (Å²) in [6, 6.07) is 0.00644. The quantitative estimate of drug-likeness (QED) is 0.634. The highest BCUT2D eigenvalue weighted by atomic mass is 16.5. The van der Waals surface area contributed by atoms with E-state index < -0.39 is 0 Å². The number of carbonyl (C=O) groups is 1.